The monoisotopic (exact) mass is 278 g/mol. The minimum Gasteiger partial charge on any atom is -0.478 e. The zero-order valence-electron chi connectivity index (χ0n) is 12.7. The van der Waals surface area contributed by atoms with Gasteiger partial charge in [-0.15, -0.1) is 0 Å². The van der Waals surface area contributed by atoms with Crippen molar-refractivity contribution in [1.29, 1.82) is 0 Å². The molecule has 0 fully saturated rings. The summed E-state index contributed by atoms with van der Waals surface area (Å²) in [6.45, 7) is 8.78. The van der Waals surface area contributed by atoms with Crippen LogP contribution >= 0.6 is 0 Å². The second-order valence-electron chi connectivity index (χ2n) is 6.06. The summed E-state index contributed by atoms with van der Waals surface area (Å²) in [5, 5.41) is 19.7. The molecule has 0 spiro atoms. The van der Waals surface area contributed by atoms with E-state index in [1.165, 1.54) is 0 Å². The van der Waals surface area contributed by atoms with Gasteiger partial charge in [-0.05, 0) is 43.6 Å². The molecule has 2 N–H and O–H groups in total. The van der Waals surface area contributed by atoms with Crippen LogP contribution in [0.1, 0.15) is 41.0 Å². The van der Waals surface area contributed by atoms with Crippen LogP contribution < -0.4 is 0 Å². The van der Waals surface area contributed by atoms with Crippen molar-refractivity contribution in [2.75, 3.05) is 0 Å². The van der Waals surface area contributed by atoms with E-state index in [1.54, 1.807) is 32.9 Å². The molecule has 1 aliphatic rings. The number of aliphatic hydroxyl groups is 1. The van der Waals surface area contributed by atoms with Crippen molar-refractivity contribution in [3.8, 4) is 0 Å². The van der Waals surface area contributed by atoms with Gasteiger partial charge in [0.05, 0.1) is 0 Å². The molecule has 1 rings (SSSR count). The molecule has 0 aromatic rings. The minimum absolute atomic E-state index is 0.0448. The first-order valence-corrected chi connectivity index (χ1v) is 6.55. The van der Waals surface area contributed by atoms with Crippen LogP contribution in [0.4, 0.5) is 0 Å². The predicted octanol–water partition coefficient (Wildman–Crippen LogP) is 2.64. The van der Waals surface area contributed by atoms with Crippen LogP contribution in [0.2, 0.25) is 0 Å². The van der Waals surface area contributed by atoms with Crippen molar-refractivity contribution in [2.45, 2.75) is 46.6 Å². The highest BCUT2D eigenvalue weighted by molar-refractivity contribution is 5.97. The SMILES string of the molecule is CC1=C(C)[C@](O)(/C=C/C(C)=C/C(=O)O)C(C)(C)CC1=O. The first-order valence-electron chi connectivity index (χ1n) is 6.55. The molecular formula is C16H22O4. The number of carbonyl (C=O) groups excluding carboxylic acids is 1. The fourth-order valence-electron chi connectivity index (χ4n) is 2.52. The Balaban J connectivity index is 3.28. The zero-order chi connectivity index (χ0) is 15.7. The fraction of sp³-hybridized carbons (Fsp3) is 0.500. The lowest BCUT2D eigenvalue weighted by Crippen LogP contribution is -2.49. The maximum atomic E-state index is 11.9. The lowest BCUT2D eigenvalue weighted by molar-refractivity contribution is -0.131. The van der Waals surface area contributed by atoms with E-state index in [9.17, 15) is 14.7 Å². The summed E-state index contributed by atoms with van der Waals surface area (Å²) in [6.07, 6.45) is 4.51. The maximum Gasteiger partial charge on any atom is 0.328 e. The molecule has 0 amide bonds. The standard InChI is InChI=1S/C16H22O4/c1-10(8-14(18)19)6-7-16(20)12(3)11(2)13(17)9-15(16,4)5/h6-8,20H,9H2,1-5H3,(H,18,19)/b7-6+,10-8+/t16-/m1/s1. The molecular weight excluding hydrogens is 256 g/mol. The Labute approximate surface area is 119 Å². The zero-order valence-corrected chi connectivity index (χ0v) is 12.7. The Morgan fingerprint density at radius 1 is 1.30 bits per heavy atom. The summed E-state index contributed by atoms with van der Waals surface area (Å²) < 4.78 is 0. The Hall–Kier alpha value is -1.68. The smallest absolute Gasteiger partial charge is 0.328 e. The Morgan fingerprint density at radius 2 is 1.85 bits per heavy atom. The van der Waals surface area contributed by atoms with E-state index in [1.807, 2.05) is 13.8 Å². The Bertz CT molecular complexity index is 535. The fourth-order valence-corrected chi connectivity index (χ4v) is 2.52. The van der Waals surface area contributed by atoms with Crippen LogP contribution in [0.15, 0.2) is 34.9 Å². The molecule has 4 nitrogen and oxygen atoms in total. The number of carbonyl (C=O) groups is 2. The van der Waals surface area contributed by atoms with Crippen molar-refractivity contribution in [3.63, 3.8) is 0 Å². The van der Waals surface area contributed by atoms with E-state index in [4.69, 9.17) is 5.11 Å². The van der Waals surface area contributed by atoms with Crippen LogP contribution in [0.25, 0.3) is 0 Å². The second kappa shape index (κ2) is 5.37. The molecule has 0 saturated carbocycles. The third-order valence-corrected chi connectivity index (χ3v) is 4.13. The average molecular weight is 278 g/mol. The van der Waals surface area contributed by atoms with Crippen molar-refractivity contribution in [3.05, 3.63) is 34.9 Å². The molecule has 0 bridgehead atoms. The number of carboxylic acids is 1. The van der Waals surface area contributed by atoms with Crippen molar-refractivity contribution < 1.29 is 19.8 Å². The third-order valence-electron chi connectivity index (χ3n) is 4.13. The van der Waals surface area contributed by atoms with Gasteiger partial charge in [0.1, 0.15) is 5.60 Å². The lowest BCUT2D eigenvalue weighted by Gasteiger charge is -2.45. The number of rotatable bonds is 3. The second-order valence-corrected chi connectivity index (χ2v) is 6.06. The van der Waals surface area contributed by atoms with Crippen molar-refractivity contribution >= 4 is 11.8 Å². The number of aliphatic carboxylic acids is 1. The van der Waals surface area contributed by atoms with Crippen LogP contribution in [-0.2, 0) is 9.59 Å². The largest absolute Gasteiger partial charge is 0.478 e. The third kappa shape index (κ3) is 2.90. The van der Waals surface area contributed by atoms with Gasteiger partial charge >= 0.3 is 5.97 Å². The molecule has 0 unspecified atom stereocenters. The summed E-state index contributed by atoms with van der Waals surface area (Å²) in [4.78, 5) is 22.5. The molecule has 1 aliphatic carbocycles. The summed E-state index contributed by atoms with van der Waals surface area (Å²) in [5.41, 5.74) is -0.148. The van der Waals surface area contributed by atoms with Gasteiger partial charge in [0.25, 0.3) is 0 Å². The molecule has 0 aliphatic heterocycles. The average Bonchev–Trinajstić information content (AvgIpc) is 2.30. The Kier molecular flexibility index (Phi) is 4.39. The van der Waals surface area contributed by atoms with Gasteiger partial charge in [-0.1, -0.05) is 19.9 Å². The summed E-state index contributed by atoms with van der Waals surface area (Å²) in [7, 11) is 0. The molecule has 0 aromatic carbocycles. The summed E-state index contributed by atoms with van der Waals surface area (Å²) in [5.74, 6) is -0.982. The van der Waals surface area contributed by atoms with Gasteiger partial charge in [-0.25, -0.2) is 4.79 Å². The molecule has 4 heteroatoms. The molecule has 0 saturated heterocycles. The van der Waals surface area contributed by atoms with E-state index < -0.39 is 17.0 Å². The van der Waals surface area contributed by atoms with Gasteiger partial charge in [0, 0.05) is 17.9 Å². The highest BCUT2D eigenvalue weighted by Crippen LogP contribution is 2.46. The summed E-state index contributed by atoms with van der Waals surface area (Å²) in [6, 6.07) is 0. The number of allylic oxidation sites excluding steroid dienone is 3. The van der Waals surface area contributed by atoms with Crippen molar-refractivity contribution in [2.24, 2.45) is 5.41 Å². The number of hydrogen-bond acceptors (Lipinski definition) is 3. The molecule has 0 aromatic heterocycles. The lowest BCUT2D eigenvalue weighted by atomic mass is 9.62. The molecule has 110 valence electrons. The number of ketones is 1. The highest BCUT2D eigenvalue weighted by Gasteiger charge is 2.48. The van der Waals surface area contributed by atoms with E-state index in [0.717, 1.165) is 6.08 Å². The van der Waals surface area contributed by atoms with Crippen LogP contribution in [0.5, 0.6) is 0 Å². The van der Waals surface area contributed by atoms with E-state index in [2.05, 4.69) is 0 Å². The first-order chi connectivity index (χ1) is 9.01. The Morgan fingerprint density at radius 3 is 2.35 bits per heavy atom. The van der Waals surface area contributed by atoms with Gasteiger partial charge in [0.15, 0.2) is 5.78 Å². The number of hydrogen-bond donors (Lipinski definition) is 2. The predicted molar refractivity (Wildman–Crippen MR) is 77.3 cm³/mol. The van der Waals surface area contributed by atoms with Crippen LogP contribution in [-0.4, -0.2) is 27.6 Å². The van der Waals surface area contributed by atoms with Gasteiger partial charge in [-0.3, -0.25) is 4.79 Å². The molecule has 20 heavy (non-hydrogen) atoms. The van der Waals surface area contributed by atoms with E-state index in [0.29, 0.717) is 16.7 Å². The van der Waals surface area contributed by atoms with E-state index >= 15 is 0 Å². The quantitative estimate of drug-likeness (QED) is 0.614. The van der Waals surface area contributed by atoms with Gasteiger partial charge < -0.3 is 10.2 Å². The van der Waals surface area contributed by atoms with E-state index in [-0.39, 0.29) is 12.2 Å². The van der Waals surface area contributed by atoms with Gasteiger partial charge in [0.2, 0.25) is 0 Å². The molecule has 0 radical (unpaired) electrons. The highest BCUT2D eigenvalue weighted by atomic mass is 16.4. The number of carboxylic acid groups (broad SMARTS) is 1. The molecule has 0 heterocycles. The van der Waals surface area contributed by atoms with Crippen LogP contribution in [0.3, 0.4) is 0 Å². The van der Waals surface area contributed by atoms with Crippen LogP contribution in [0, 0.1) is 5.41 Å². The molecule has 1 atom stereocenters. The topological polar surface area (TPSA) is 74.6 Å². The van der Waals surface area contributed by atoms with Crippen molar-refractivity contribution in [1.82, 2.24) is 0 Å². The normalized spacial score (nSPS) is 27.3. The summed E-state index contributed by atoms with van der Waals surface area (Å²) >= 11 is 0. The maximum absolute atomic E-state index is 11.9. The van der Waals surface area contributed by atoms with Gasteiger partial charge in [-0.2, -0.15) is 0 Å². The number of Topliss-reactive ketones (excluding diaryl/α,β-unsaturated/α-hetero) is 1. The minimum atomic E-state index is -1.25. The first kappa shape index (κ1) is 16.4.